The van der Waals surface area contributed by atoms with Gasteiger partial charge in [0.05, 0.1) is 11.1 Å². The molecule has 0 saturated heterocycles. The number of para-hydroxylation sites is 1. The lowest BCUT2D eigenvalue weighted by Gasteiger charge is -2.21. The number of hydrogen-bond donors (Lipinski definition) is 2. The number of primary amides is 1. The van der Waals surface area contributed by atoms with Crippen molar-refractivity contribution in [1.82, 2.24) is 4.68 Å². The zero-order chi connectivity index (χ0) is 12.4. The Labute approximate surface area is 106 Å². The highest BCUT2D eigenvalue weighted by Gasteiger charge is 2.18. The molecule has 0 saturated carbocycles. The maximum Gasteiger partial charge on any atom is 0.338 e. The fraction of sp³-hybridized carbons (Fsp3) is 0. The van der Waals surface area contributed by atoms with E-state index in [1.807, 2.05) is 6.07 Å². The van der Waals surface area contributed by atoms with Gasteiger partial charge in [-0.05, 0) is 24.4 Å². The number of anilines is 1. The van der Waals surface area contributed by atoms with E-state index in [0.29, 0.717) is 9.64 Å². The number of benzene rings is 1. The molecule has 0 spiro atoms. The summed E-state index contributed by atoms with van der Waals surface area (Å²) in [6, 6.07) is 8.01. The third-order valence-corrected chi connectivity index (χ3v) is 3.23. The van der Waals surface area contributed by atoms with Crippen molar-refractivity contribution >= 4 is 35.3 Å². The van der Waals surface area contributed by atoms with Gasteiger partial charge in [-0.3, -0.25) is 0 Å². The van der Waals surface area contributed by atoms with Crippen LogP contribution in [0.4, 0.5) is 10.5 Å². The predicted molar refractivity (Wildman–Crippen MR) is 68.7 cm³/mol. The first-order chi connectivity index (χ1) is 8.11. The molecule has 0 aliphatic heterocycles. The molecule has 0 radical (unpaired) electrons. The highest BCUT2D eigenvalue weighted by Crippen LogP contribution is 2.23. The molecule has 3 N–H and O–H groups in total. The van der Waals surface area contributed by atoms with Crippen LogP contribution in [-0.2, 0) is 0 Å². The van der Waals surface area contributed by atoms with Crippen molar-refractivity contribution in [2.45, 2.75) is 0 Å². The Hall–Kier alpha value is -1.86. The molecule has 5 nitrogen and oxygen atoms in total. The van der Waals surface area contributed by atoms with Crippen molar-refractivity contribution in [1.29, 1.82) is 0 Å². The van der Waals surface area contributed by atoms with Crippen LogP contribution in [0.15, 0.2) is 35.7 Å². The summed E-state index contributed by atoms with van der Waals surface area (Å²) in [5.41, 5.74) is 5.84. The number of aromatic hydroxyl groups is 1. The predicted octanol–water partition coefficient (Wildman–Crippen LogP) is 2.33. The molecule has 0 aliphatic rings. The number of amides is 2. The lowest BCUT2D eigenvalue weighted by atomic mass is 10.3. The van der Waals surface area contributed by atoms with Crippen LogP contribution in [0.3, 0.4) is 0 Å². The molecule has 0 fully saturated rings. The molecule has 0 unspecified atom stereocenters. The number of carbonyl (C=O) groups is 1. The third-order valence-electron chi connectivity index (χ3n) is 2.06. The van der Waals surface area contributed by atoms with Gasteiger partial charge in [-0.1, -0.05) is 18.2 Å². The number of rotatable bonds is 2. The summed E-state index contributed by atoms with van der Waals surface area (Å²) in [4.78, 5) is 11.5. The molecule has 2 aromatic rings. The van der Waals surface area contributed by atoms with Crippen molar-refractivity contribution in [2.24, 2.45) is 5.73 Å². The van der Waals surface area contributed by atoms with E-state index in [0.717, 1.165) is 16.3 Å². The van der Waals surface area contributed by atoms with E-state index >= 15 is 0 Å². The molecule has 1 aromatic heterocycles. The van der Waals surface area contributed by atoms with E-state index in [-0.39, 0.29) is 5.88 Å². The molecule has 0 aliphatic carbocycles. The number of thiazole rings is 1. The number of nitrogens with zero attached hydrogens (tertiary/aromatic N) is 2. The second-order valence-electron chi connectivity index (χ2n) is 3.16. The zero-order valence-electron chi connectivity index (χ0n) is 8.61. The molecule has 7 heteroatoms. The second-order valence-corrected chi connectivity index (χ2v) is 4.66. The molecular weight excluding hydrogens is 258 g/mol. The molecule has 1 aromatic carbocycles. The average Bonchev–Trinajstić information content (AvgIpc) is 2.62. The van der Waals surface area contributed by atoms with Gasteiger partial charge in [0.25, 0.3) is 0 Å². The molecule has 2 amide bonds. The van der Waals surface area contributed by atoms with Crippen LogP contribution < -0.4 is 10.7 Å². The van der Waals surface area contributed by atoms with E-state index in [4.69, 9.17) is 18.0 Å². The summed E-state index contributed by atoms with van der Waals surface area (Å²) in [7, 11) is 0. The summed E-state index contributed by atoms with van der Waals surface area (Å²) in [5, 5.41) is 12.2. The van der Waals surface area contributed by atoms with Crippen molar-refractivity contribution in [3.8, 4) is 5.88 Å². The summed E-state index contributed by atoms with van der Waals surface area (Å²) in [6.07, 6.45) is 0. The van der Waals surface area contributed by atoms with Crippen LogP contribution in [0.1, 0.15) is 0 Å². The standard InChI is InChI=1S/C10H9N3O2S2/c11-9(15)12(7-4-2-1-3-5-7)13-8(14)6-17-10(13)16/h1-6,14H,(H2,11,15). The first-order valence-electron chi connectivity index (χ1n) is 4.65. The van der Waals surface area contributed by atoms with Gasteiger partial charge >= 0.3 is 6.03 Å². The van der Waals surface area contributed by atoms with Gasteiger partial charge in [0.2, 0.25) is 5.88 Å². The van der Waals surface area contributed by atoms with Crippen LogP contribution in [0.25, 0.3) is 0 Å². The summed E-state index contributed by atoms with van der Waals surface area (Å²) < 4.78 is 1.53. The van der Waals surface area contributed by atoms with Gasteiger partial charge in [-0.2, -0.15) is 9.69 Å². The number of aromatic nitrogens is 1. The molecule has 88 valence electrons. The lowest BCUT2D eigenvalue weighted by Crippen LogP contribution is -2.39. The minimum Gasteiger partial charge on any atom is -0.493 e. The second kappa shape index (κ2) is 4.56. The van der Waals surface area contributed by atoms with Crippen molar-refractivity contribution in [3.05, 3.63) is 39.7 Å². The maximum atomic E-state index is 11.5. The third kappa shape index (κ3) is 2.15. The molecule has 0 bridgehead atoms. The highest BCUT2D eigenvalue weighted by atomic mass is 32.1. The fourth-order valence-corrected chi connectivity index (χ4v) is 2.29. The SMILES string of the molecule is NC(=O)N(c1ccccc1)n1c(O)csc1=S. The zero-order valence-corrected chi connectivity index (χ0v) is 10.2. The Morgan fingerprint density at radius 3 is 2.53 bits per heavy atom. The topological polar surface area (TPSA) is 71.5 Å². The fourth-order valence-electron chi connectivity index (χ4n) is 1.39. The molecular formula is C10H9N3O2S2. The number of carbonyl (C=O) groups excluding carboxylic acids is 1. The van der Waals surface area contributed by atoms with Gasteiger partial charge in [0.1, 0.15) is 0 Å². The van der Waals surface area contributed by atoms with Gasteiger partial charge in [0, 0.05) is 0 Å². The minimum absolute atomic E-state index is 0.123. The average molecular weight is 267 g/mol. The quantitative estimate of drug-likeness (QED) is 0.820. The molecule has 17 heavy (non-hydrogen) atoms. The summed E-state index contributed by atoms with van der Waals surface area (Å²) >= 11 is 6.19. The minimum atomic E-state index is -0.721. The van der Waals surface area contributed by atoms with E-state index in [1.54, 1.807) is 24.3 Å². The largest absolute Gasteiger partial charge is 0.493 e. The van der Waals surface area contributed by atoms with E-state index in [2.05, 4.69) is 0 Å². The summed E-state index contributed by atoms with van der Waals surface area (Å²) in [5.74, 6) is -0.123. The number of urea groups is 1. The van der Waals surface area contributed by atoms with Crippen LogP contribution >= 0.6 is 23.6 Å². The van der Waals surface area contributed by atoms with Crippen molar-refractivity contribution < 1.29 is 9.90 Å². The van der Waals surface area contributed by atoms with Gasteiger partial charge in [-0.25, -0.2) is 4.79 Å². The molecule has 0 atom stereocenters. The van der Waals surface area contributed by atoms with Crippen molar-refractivity contribution in [3.63, 3.8) is 0 Å². The highest BCUT2D eigenvalue weighted by molar-refractivity contribution is 7.73. The molecule has 1 heterocycles. The van der Waals surface area contributed by atoms with Crippen LogP contribution in [0.5, 0.6) is 5.88 Å². The Morgan fingerprint density at radius 1 is 1.41 bits per heavy atom. The Kier molecular flexibility index (Phi) is 3.12. The van der Waals surface area contributed by atoms with E-state index in [1.165, 1.54) is 10.1 Å². The summed E-state index contributed by atoms with van der Waals surface area (Å²) in [6.45, 7) is 0. The van der Waals surface area contributed by atoms with Gasteiger partial charge in [0.15, 0.2) is 3.95 Å². The van der Waals surface area contributed by atoms with Gasteiger partial charge in [-0.15, -0.1) is 11.3 Å². The Bertz CT molecular complexity index is 591. The van der Waals surface area contributed by atoms with Crippen molar-refractivity contribution in [2.75, 3.05) is 5.01 Å². The Morgan fingerprint density at radius 2 is 2.06 bits per heavy atom. The lowest BCUT2D eigenvalue weighted by molar-refractivity contribution is 0.250. The Balaban J connectivity index is 2.59. The normalized spacial score (nSPS) is 10.1. The smallest absolute Gasteiger partial charge is 0.338 e. The monoisotopic (exact) mass is 267 g/mol. The van der Waals surface area contributed by atoms with E-state index in [9.17, 15) is 9.90 Å². The van der Waals surface area contributed by atoms with Gasteiger partial charge < -0.3 is 10.8 Å². The first-order valence-corrected chi connectivity index (χ1v) is 5.94. The number of hydrogen-bond acceptors (Lipinski definition) is 4. The van der Waals surface area contributed by atoms with Crippen LogP contribution in [0.2, 0.25) is 0 Å². The van der Waals surface area contributed by atoms with E-state index < -0.39 is 6.03 Å². The first kappa shape index (κ1) is 11.6. The maximum absolute atomic E-state index is 11.5. The van der Waals surface area contributed by atoms with Crippen LogP contribution in [0, 0.1) is 3.95 Å². The number of nitrogens with two attached hydrogens (primary N) is 1. The van der Waals surface area contributed by atoms with Crippen LogP contribution in [-0.4, -0.2) is 15.8 Å². The molecule has 2 rings (SSSR count).